The predicted octanol–water partition coefficient (Wildman–Crippen LogP) is 3.33. The summed E-state index contributed by atoms with van der Waals surface area (Å²) in [5.74, 6) is 1.72. The van der Waals surface area contributed by atoms with Gasteiger partial charge in [0, 0.05) is 26.7 Å². The molecule has 0 atom stereocenters. The van der Waals surface area contributed by atoms with E-state index >= 15 is 0 Å². The van der Waals surface area contributed by atoms with Crippen molar-refractivity contribution in [3.05, 3.63) is 52.2 Å². The Morgan fingerprint density at radius 2 is 1.73 bits per heavy atom. The molecule has 142 valence electrons. The van der Waals surface area contributed by atoms with Crippen LogP contribution in [0, 0.1) is 0 Å². The molecule has 0 saturated heterocycles. The summed E-state index contributed by atoms with van der Waals surface area (Å²) in [7, 11) is 1.79. The van der Waals surface area contributed by atoms with Crippen molar-refractivity contribution >= 4 is 17.3 Å². The number of aliphatic imine (C=N–C) groups is 1. The summed E-state index contributed by atoms with van der Waals surface area (Å²) < 4.78 is 5.82. The van der Waals surface area contributed by atoms with Crippen molar-refractivity contribution in [3.8, 4) is 5.75 Å². The number of nitrogens with zero attached hydrogens (tertiary/aromatic N) is 2. The van der Waals surface area contributed by atoms with E-state index in [0.29, 0.717) is 0 Å². The summed E-state index contributed by atoms with van der Waals surface area (Å²) >= 11 is 1.71. The molecule has 0 spiro atoms. The van der Waals surface area contributed by atoms with E-state index < -0.39 is 0 Å². The lowest BCUT2D eigenvalue weighted by Gasteiger charge is -2.18. The smallest absolute Gasteiger partial charge is 0.191 e. The second kappa shape index (κ2) is 11.5. The molecule has 0 unspecified atom stereocenters. The van der Waals surface area contributed by atoms with Crippen molar-refractivity contribution in [2.24, 2.45) is 4.99 Å². The maximum atomic E-state index is 5.82. The maximum absolute atomic E-state index is 5.82. The van der Waals surface area contributed by atoms with Gasteiger partial charge in [-0.15, -0.1) is 0 Å². The minimum absolute atomic E-state index is 0.721. The van der Waals surface area contributed by atoms with E-state index in [2.05, 4.69) is 63.3 Å². The second-order valence-corrected chi connectivity index (χ2v) is 6.71. The first kappa shape index (κ1) is 20.3. The van der Waals surface area contributed by atoms with Gasteiger partial charge in [0.25, 0.3) is 0 Å². The van der Waals surface area contributed by atoms with E-state index in [9.17, 15) is 0 Å². The molecule has 0 aliphatic heterocycles. The Labute approximate surface area is 161 Å². The SMILES string of the molecule is CCN(CC)CCOc1ccc(CNC(=NC)NCc2ccsc2)cc1. The van der Waals surface area contributed by atoms with Gasteiger partial charge in [0.1, 0.15) is 12.4 Å². The third-order valence-electron chi connectivity index (χ3n) is 4.22. The van der Waals surface area contributed by atoms with E-state index in [0.717, 1.165) is 51.0 Å². The quantitative estimate of drug-likeness (QED) is 0.495. The van der Waals surface area contributed by atoms with E-state index in [1.54, 1.807) is 18.4 Å². The van der Waals surface area contributed by atoms with Gasteiger partial charge in [0.05, 0.1) is 0 Å². The fourth-order valence-corrected chi connectivity index (χ4v) is 3.19. The summed E-state index contributed by atoms with van der Waals surface area (Å²) in [5.41, 5.74) is 2.46. The minimum atomic E-state index is 0.721. The zero-order valence-electron chi connectivity index (χ0n) is 16.0. The highest BCUT2D eigenvalue weighted by atomic mass is 32.1. The van der Waals surface area contributed by atoms with Crippen LogP contribution in [-0.2, 0) is 13.1 Å². The van der Waals surface area contributed by atoms with Crippen LogP contribution >= 0.6 is 11.3 Å². The van der Waals surface area contributed by atoms with Crippen LogP contribution in [0.5, 0.6) is 5.75 Å². The first-order valence-corrected chi connectivity index (χ1v) is 10.1. The number of hydrogen-bond acceptors (Lipinski definition) is 4. The summed E-state index contributed by atoms with van der Waals surface area (Å²) in [5, 5.41) is 10.9. The van der Waals surface area contributed by atoms with Gasteiger partial charge in [-0.1, -0.05) is 26.0 Å². The second-order valence-electron chi connectivity index (χ2n) is 5.93. The molecule has 5 nitrogen and oxygen atoms in total. The molecule has 0 saturated carbocycles. The lowest BCUT2D eigenvalue weighted by molar-refractivity contribution is 0.223. The van der Waals surface area contributed by atoms with Gasteiger partial charge in [0.15, 0.2) is 5.96 Å². The van der Waals surface area contributed by atoms with Crippen molar-refractivity contribution in [3.63, 3.8) is 0 Å². The third kappa shape index (κ3) is 7.06. The zero-order valence-corrected chi connectivity index (χ0v) is 16.8. The van der Waals surface area contributed by atoms with E-state index in [1.165, 1.54) is 11.1 Å². The monoisotopic (exact) mass is 374 g/mol. The first-order valence-electron chi connectivity index (χ1n) is 9.14. The molecule has 1 aromatic heterocycles. The number of benzene rings is 1. The fourth-order valence-electron chi connectivity index (χ4n) is 2.52. The van der Waals surface area contributed by atoms with Gasteiger partial charge in [0.2, 0.25) is 0 Å². The highest BCUT2D eigenvalue weighted by molar-refractivity contribution is 7.07. The number of guanidine groups is 1. The van der Waals surface area contributed by atoms with Crippen molar-refractivity contribution in [1.29, 1.82) is 0 Å². The maximum Gasteiger partial charge on any atom is 0.191 e. The van der Waals surface area contributed by atoms with Gasteiger partial charge in [-0.2, -0.15) is 11.3 Å². The molecule has 2 aromatic rings. The highest BCUT2D eigenvalue weighted by Crippen LogP contribution is 2.12. The van der Waals surface area contributed by atoms with Crippen molar-refractivity contribution in [2.45, 2.75) is 26.9 Å². The van der Waals surface area contributed by atoms with Gasteiger partial charge >= 0.3 is 0 Å². The number of ether oxygens (including phenoxy) is 1. The Bertz CT molecular complexity index is 636. The van der Waals surface area contributed by atoms with Crippen LogP contribution in [0.15, 0.2) is 46.1 Å². The number of thiophene rings is 1. The fraction of sp³-hybridized carbons (Fsp3) is 0.450. The summed E-state index contributed by atoms with van der Waals surface area (Å²) in [6.07, 6.45) is 0. The number of rotatable bonds is 10. The molecule has 0 aliphatic rings. The minimum Gasteiger partial charge on any atom is -0.492 e. The molecular weight excluding hydrogens is 344 g/mol. The predicted molar refractivity (Wildman–Crippen MR) is 111 cm³/mol. The van der Waals surface area contributed by atoms with Crippen molar-refractivity contribution in [2.75, 3.05) is 33.3 Å². The Hall–Kier alpha value is -2.05. The van der Waals surface area contributed by atoms with Gasteiger partial charge in [-0.3, -0.25) is 4.99 Å². The molecule has 6 heteroatoms. The van der Waals surface area contributed by atoms with Crippen molar-refractivity contribution in [1.82, 2.24) is 15.5 Å². The third-order valence-corrected chi connectivity index (χ3v) is 4.95. The topological polar surface area (TPSA) is 48.9 Å². The lowest BCUT2D eigenvalue weighted by Crippen LogP contribution is -2.36. The van der Waals surface area contributed by atoms with Crippen LogP contribution in [0.2, 0.25) is 0 Å². The Kier molecular flexibility index (Phi) is 9.00. The number of nitrogens with one attached hydrogen (secondary N) is 2. The van der Waals surface area contributed by atoms with Gasteiger partial charge in [-0.25, -0.2) is 0 Å². The molecule has 2 rings (SSSR count). The van der Waals surface area contributed by atoms with Crippen LogP contribution in [0.25, 0.3) is 0 Å². The highest BCUT2D eigenvalue weighted by Gasteiger charge is 2.02. The molecule has 0 amide bonds. The number of likely N-dealkylation sites (N-methyl/N-ethyl adjacent to an activating group) is 1. The zero-order chi connectivity index (χ0) is 18.6. The molecule has 0 radical (unpaired) electrons. The van der Waals surface area contributed by atoms with Gasteiger partial charge < -0.3 is 20.3 Å². The molecule has 1 heterocycles. The first-order chi connectivity index (χ1) is 12.7. The Balaban J connectivity index is 1.72. The average molecular weight is 375 g/mol. The molecule has 26 heavy (non-hydrogen) atoms. The Morgan fingerprint density at radius 3 is 2.31 bits per heavy atom. The normalized spacial score (nSPS) is 11.6. The van der Waals surface area contributed by atoms with Crippen LogP contribution in [0.4, 0.5) is 0 Å². The largest absolute Gasteiger partial charge is 0.492 e. The van der Waals surface area contributed by atoms with Crippen LogP contribution in [0.3, 0.4) is 0 Å². The summed E-state index contributed by atoms with van der Waals surface area (Å²) in [6, 6.07) is 10.4. The van der Waals surface area contributed by atoms with Crippen LogP contribution in [0.1, 0.15) is 25.0 Å². The lowest BCUT2D eigenvalue weighted by atomic mass is 10.2. The van der Waals surface area contributed by atoms with Gasteiger partial charge in [-0.05, 0) is 53.2 Å². The average Bonchev–Trinajstić information content (AvgIpc) is 3.20. The Morgan fingerprint density at radius 1 is 1.04 bits per heavy atom. The molecular formula is C20H30N4OS. The molecule has 0 aliphatic carbocycles. The van der Waals surface area contributed by atoms with Crippen molar-refractivity contribution < 1.29 is 4.74 Å². The van der Waals surface area contributed by atoms with Crippen LogP contribution < -0.4 is 15.4 Å². The van der Waals surface area contributed by atoms with Crippen LogP contribution in [-0.4, -0.2) is 44.1 Å². The van der Waals surface area contributed by atoms with E-state index in [4.69, 9.17) is 4.74 Å². The number of hydrogen-bond donors (Lipinski definition) is 2. The molecule has 2 N–H and O–H groups in total. The van der Waals surface area contributed by atoms with E-state index in [1.807, 2.05) is 12.1 Å². The molecule has 0 bridgehead atoms. The summed E-state index contributed by atoms with van der Waals surface area (Å²) in [6.45, 7) is 9.66. The molecule has 1 aromatic carbocycles. The molecule has 0 fully saturated rings. The summed E-state index contributed by atoms with van der Waals surface area (Å²) in [4.78, 5) is 6.62. The standard InChI is InChI=1S/C20H30N4OS/c1-4-24(5-2)11-12-25-19-8-6-17(7-9-19)14-22-20(21-3)23-15-18-10-13-26-16-18/h6-10,13,16H,4-5,11-12,14-15H2,1-3H3,(H2,21,22,23). The van der Waals surface area contributed by atoms with E-state index in [-0.39, 0.29) is 0 Å².